The van der Waals surface area contributed by atoms with Gasteiger partial charge in [-0.2, -0.15) is 0 Å². The van der Waals surface area contributed by atoms with Gasteiger partial charge in [0, 0.05) is 11.6 Å². The molecule has 16 heavy (non-hydrogen) atoms. The summed E-state index contributed by atoms with van der Waals surface area (Å²) in [6, 6.07) is 6.85. The van der Waals surface area contributed by atoms with Crippen molar-refractivity contribution in [3.05, 3.63) is 36.0 Å². The first kappa shape index (κ1) is 10.4. The number of fused-ring (bicyclic) bond motifs is 1. The summed E-state index contributed by atoms with van der Waals surface area (Å²) >= 11 is 0. The number of methoxy groups -OCH3 is 1. The van der Waals surface area contributed by atoms with Crippen LogP contribution in [0.3, 0.4) is 0 Å². The highest BCUT2D eigenvalue weighted by molar-refractivity contribution is 6.08. The molecule has 1 aromatic carbocycles. The van der Waals surface area contributed by atoms with Gasteiger partial charge in [-0.05, 0) is 18.2 Å². The summed E-state index contributed by atoms with van der Waals surface area (Å²) in [5.41, 5.74) is 2.54. The van der Waals surface area contributed by atoms with Gasteiger partial charge in [-0.25, -0.2) is 5.48 Å². The maximum Gasteiger partial charge on any atom is 0.279 e. The Labute approximate surface area is 91.6 Å². The summed E-state index contributed by atoms with van der Waals surface area (Å²) in [5, 5.41) is 9.32. The zero-order valence-electron chi connectivity index (χ0n) is 8.60. The van der Waals surface area contributed by atoms with E-state index >= 15 is 0 Å². The third-order valence-corrected chi connectivity index (χ3v) is 2.30. The van der Waals surface area contributed by atoms with Gasteiger partial charge in [0.2, 0.25) is 0 Å². The van der Waals surface area contributed by atoms with Gasteiger partial charge in [0.15, 0.2) is 0 Å². The standard InChI is InChI=1S/C11H10N2O3/c1-16-9-5-4-8-7(3-2-6-12-8)10(9)11(14)13-15/h2-6,15H,1H3,(H,13,14). The van der Waals surface area contributed by atoms with Crippen LogP contribution in [-0.2, 0) is 0 Å². The maximum absolute atomic E-state index is 11.5. The normalized spacial score (nSPS) is 10.1. The minimum atomic E-state index is -0.615. The molecule has 2 aromatic rings. The summed E-state index contributed by atoms with van der Waals surface area (Å²) in [6.45, 7) is 0. The van der Waals surface area contributed by atoms with Gasteiger partial charge in [0.05, 0.1) is 18.2 Å². The molecular formula is C11H10N2O3. The van der Waals surface area contributed by atoms with Crippen molar-refractivity contribution in [1.29, 1.82) is 0 Å². The van der Waals surface area contributed by atoms with E-state index < -0.39 is 5.91 Å². The molecule has 0 bridgehead atoms. The van der Waals surface area contributed by atoms with Gasteiger partial charge in [0.1, 0.15) is 5.75 Å². The lowest BCUT2D eigenvalue weighted by molar-refractivity contribution is 0.0705. The van der Waals surface area contributed by atoms with Crippen molar-refractivity contribution < 1.29 is 14.7 Å². The Hall–Kier alpha value is -2.14. The SMILES string of the molecule is COc1ccc2ncccc2c1C(=O)NO. The number of nitrogens with one attached hydrogen (secondary N) is 1. The molecule has 0 aliphatic carbocycles. The van der Waals surface area contributed by atoms with E-state index in [-0.39, 0.29) is 5.56 Å². The number of hydrogen-bond donors (Lipinski definition) is 2. The van der Waals surface area contributed by atoms with Crippen LogP contribution < -0.4 is 10.2 Å². The number of hydrogen-bond acceptors (Lipinski definition) is 4. The second-order valence-electron chi connectivity index (χ2n) is 3.15. The Morgan fingerprint density at radius 1 is 1.44 bits per heavy atom. The van der Waals surface area contributed by atoms with Gasteiger partial charge in [0.25, 0.3) is 5.91 Å². The molecule has 0 spiro atoms. The van der Waals surface area contributed by atoms with Gasteiger partial charge in [-0.3, -0.25) is 15.0 Å². The van der Waals surface area contributed by atoms with Crippen LogP contribution in [0.25, 0.3) is 10.9 Å². The molecule has 0 aliphatic rings. The van der Waals surface area contributed by atoms with Crippen LogP contribution in [0.2, 0.25) is 0 Å². The number of hydroxylamine groups is 1. The van der Waals surface area contributed by atoms with Crippen LogP contribution in [0.1, 0.15) is 10.4 Å². The van der Waals surface area contributed by atoms with Gasteiger partial charge in [-0.1, -0.05) is 6.07 Å². The molecule has 1 heterocycles. The molecule has 0 saturated heterocycles. The van der Waals surface area contributed by atoms with E-state index in [1.807, 2.05) is 0 Å². The number of aromatic nitrogens is 1. The van der Waals surface area contributed by atoms with Gasteiger partial charge < -0.3 is 4.74 Å². The van der Waals surface area contributed by atoms with Crippen molar-refractivity contribution in [2.24, 2.45) is 0 Å². The van der Waals surface area contributed by atoms with Crippen molar-refractivity contribution in [1.82, 2.24) is 10.5 Å². The molecule has 5 nitrogen and oxygen atoms in total. The van der Waals surface area contributed by atoms with E-state index in [9.17, 15) is 4.79 Å². The monoisotopic (exact) mass is 218 g/mol. The topological polar surface area (TPSA) is 71.5 Å². The van der Waals surface area contributed by atoms with Crippen molar-refractivity contribution in [2.45, 2.75) is 0 Å². The van der Waals surface area contributed by atoms with E-state index in [0.717, 1.165) is 0 Å². The third kappa shape index (κ3) is 1.57. The number of carbonyl (C=O) groups is 1. The van der Waals surface area contributed by atoms with E-state index in [2.05, 4.69) is 4.98 Å². The smallest absolute Gasteiger partial charge is 0.279 e. The number of ether oxygens (including phenoxy) is 1. The zero-order chi connectivity index (χ0) is 11.5. The average Bonchev–Trinajstić information content (AvgIpc) is 2.36. The molecular weight excluding hydrogens is 208 g/mol. The number of amides is 1. The minimum absolute atomic E-state index is 0.274. The highest BCUT2D eigenvalue weighted by Gasteiger charge is 2.15. The first-order valence-electron chi connectivity index (χ1n) is 4.64. The molecule has 0 aliphatic heterocycles. The molecule has 1 amide bonds. The quantitative estimate of drug-likeness (QED) is 0.589. The number of pyridine rings is 1. The summed E-state index contributed by atoms with van der Waals surface area (Å²) in [4.78, 5) is 15.7. The van der Waals surface area contributed by atoms with Crippen LogP contribution in [0.4, 0.5) is 0 Å². The lowest BCUT2D eigenvalue weighted by Crippen LogP contribution is -2.19. The summed E-state index contributed by atoms with van der Waals surface area (Å²) in [6.07, 6.45) is 1.63. The van der Waals surface area contributed by atoms with Crippen LogP contribution in [0.15, 0.2) is 30.5 Å². The summed E-state index contributed by atoms with van der Waals surface area (Å²) in [5.74, 6) is -0.220. The zero-order valence-corrected chi connectivity index (χ0v) is 8.60. The Morgan fingerprint density at radius 2 is 2.25 bits per heavy atom. The fraction of sp³-hybridized carbons (Fsp3) is 0.0909. The highest BCUT2D eigenvalue weighted by Crippen LogP contribution is 2.26. The van der Waals surface area contributed by atoms with Gasteiger partial charge in [-0.15, -0.1) is 0 Å². The first-order valence-corrected chi connectivity index (χ1v) is 4.64. The van der Waals surface area contributed by atoms with Crippen molar-refractivity contribution in [2.75, 3.05) is 7.11 Å². The molecule has 0 unspecified atom stereocenters. The van der Waals surface area contributed by atoms with E-state index in [1.165, 1.54) is 7.11 Å². The van der Waals surface area contributed by atoms with E-state index in [4.69, 9.17) is 9.94 Å². The lowest BCUT2D eigenvalue weighted by atomic mass is 10.1. The minimum Gasteiger partial charge on any atom is -0.496 e. The van der Waals surface area contributed by atoms with Crippen LogP contribution >= 0.6 is 0 Å². The number of rotatable bonds is 2. The Kier molecular flexibility index (Phi) is 2.70. The maximum atomic E-state index is 11.5. The average molecular weight is 218 g/mol. The van der Waals surface area contributed by atoms with Crippen molar-refractivity contribution >= 4 is 16.8 Å². The molecule has 0 fully saturated rings. The summed E-state index contributed by atoms with van der Waals surface area (Å²) < 4.78 is 5.08. The third-order valence-electron chi connectivity index (χ3n) is 2.30. The molecule has 0 radical (unpaired) electrons. The van der Waals surface area contributed by atoms with Crippen molar-refractivity contribution in [3.63, 3.8) is 0 Å². The Balaban J connectivity index is 2.78. The van der Waals surface area contributed by atoms with Crippen LogP contribution in [-0.4, -0.2) is 23.2 Å². The second kappa shape index (κ2) is 4.16. The lowest BCUT2D eigenvalue weighted by Gasteiger charge is -2.09. The second-order valence-corrected chi connectivity index (χ2v) is 3.15. The molecule has 1 aromatic heterocycles. The molecule has 2 N–H and O–H groups in total. The first-order chi connectivity index (χ1) is 7.77. The van der Waals surface area contributed by atoms with Crippen LogP contribution in [0, 0.1) is 0 Å². The summed E-state index contributed by atoms with van der Waals surface area (Å²) in [7, 11) is 1.46. The molecule has 0 saturated carbocycles. The Bertz CT molecular complexity index is 540. The molecule has 82 valence electrons. The largest absolute Gasteiger partial charge is 0.496 e. The van der Waals surface area contributed by atoms with E-state index in [1.54, 1.807) is 35.9 Å². The number of nitrogens with zero attached hydrogens (tertiary/aromatic N) is 1. The number of benzene rings is 1. The predicted octanol–water partition coefficient (Wildman–Crippen LogP) is 1.36. The highest BCUT2D eigenvalue weighted by atomic mass is 16.5. The molecule has 5 heteroatoms. The fourth-order valence-corrected chi connectivity index (χ4v) is 1.59. The van der Waals surface area contributed by atoms with Gasteiger partial charge >= 0.3 is 0 Å². The Morgan fingerprint density at radius 3 is 2.94 bits per heavy atom. The number of carbonyl (C=O) groups excluding carboxylic acids is 1. The fourth-order valence-electron chi connectivity index (χ4n) is 1.59. The molecule has 0 atom stereocenters. The van der Waals surface area contributed by atoms with Crippen LogP contribution in [0.5, 0.6) is 5.75 Å². The predicted molar refractivity (Wildman–Crippen MR) is 57.5 cm³/mol. The van der Waals surface area contributed by atoms with E-state index in [0.29, 0.717) is 16.7 Å². The van der Waals surface area contributed by atoms with Crippen molar-refractivity contribution in [3.8, 4) is 5.75 Å². The molecule has 2 rings (SSSR count).